The van der Waals surface area contributed by atoms with Crippen LogP contribution >= 0.6 is 0 Å². The summed E-state index contributed by atoms with van der Waals surface area (Å²) in [6.45, 7) is 1.13. The molecule has 144 valence electrons. The van der Waals surface area contributed by atoms with Crippen molar-refractivity contribution >= 4 is 11.7 Å². The van der Waals surface area contributed by atoms with E-state index in [9.17, 15) is 19.1 Å². The molecule has 1 fully saturated rings. The Bertz CT molecular complexity index is 795. The van der Waals surface area contributed by atoms with E-state index in [1.807, 2.05) is 11.6 Å². The van der Waals surface area contributed by atoms with Crippen LogP contribution in [0.25, 0.3) is 0 Å². The zero-order valence-corrected chi connectivity index (χ0v) is 15.3. The fraction of sp³-hybridized carbons (Fsp3) is 0.450. The molecule has 2 heterocycles. The first-order valence-electron chi connectivity index (χ1n) is 9.17. The van der Waals surface area contributed by atoms with Crippen molar-refractivity contribution in [2.24, 2.45) is 13.0 Å². The zero-order valence-electron chi connectivity index (χ0n) is 15.3. The smallest absolute Gasteiger partial charge is 0.223 e. The van der Waals surface area contributed by atoms with Crippen LogP contribution in [-0.2, 0) is 11.8 Å². The van der Waals surface area contributed by atoms with Crippen molar-refractivity contribution in [2.45, 2.75) is 31.8 Å². The highest BCUT2D eigenvalue weighted by Gasteiger charge is 2.30. The Kier molecular flexibility index (Phi) is 6.01. The summed E-state index contributed by atoms with van der Waals surface area (Å²) < 4.78 is 14.7. The molecular formula is C20H24FN3O3. The number of piperidine rings is 1. The topological polar surface area (TPSA) is 75.4 Å². The molecular weight excluding hydrogens is 349 g/mol. The molecule has 6 nitrogen and oxygen atoms in total. The van der Waals surface area contributed by atoms with E-state index < -0.39 is 11.9 Å². The van der Waals surface area contributed by atoms with E-state index in [0.717, 1.165) is 0 Å². The molecule has 7 heteroatoms. The van der Waals surface area contributed by atoms with Gasteiger partial charge in [0.1, 0.15) is 17.7 Å². The lowest BCUT2D eigenvalue weighted by Crippen LogP contribution is -2.40. The molecule has 1 aliphatic rings. The molecule has 1 amide bonds. The number of rotatable bonds is 6. The molecule has 0 spiro atoms. The number of carbonyl (C=O) groups excluding carboxylic acids is 2. The van der Waals surface area contributed by atoms with Crippen LogP contribution in [0.1, 0.15) is 48.0 Å². The lowest BCUT2D eigenvalue weighted by Gasteiger charge is -2.34. The number of imidazole rings is 1. The molecule has 1 aromatic heterocycles. The second kappa shape index (κ2) is 8.43. The number of aryl methyl sites for hydroxylation is 1. The molecule has 1 unspecified atom stereocenters. The third-order valence-corrected chi connectivity index (χ3v) is 5.19. The van der Waals surface area contributed by atoms with E-state index >= 15 is 0 Å². The highest BCUT2D eigenvalue weighted by molar-refractivity contribution is 5.97. The number of halogens is 1. The van der Waals surface area contributed by atoms with Gasteiger partial charge in [-0.1, -0.05) is 0 Å². The Labute approximate surface area is 157 Å². The van der Waals surface area contributed by atoms with Gasteiger partial charge in [0, 0.05) is 50.9 Å². The van der Waals surface area contributed by atoms with Crippen LogP contribution in [0, 0.1) is 11.7 Å². The van der Waals surface area contributed by atoms with Crippen LogP contribution in [0.5, 0.6) is 0 Å². The van der Waals surface area contributed by atoms with Gasteiger partial charge in [-0.2, -0.15) is 0 Å². The third kappa shape index (κ3) is 4.60. The van der Waals surface area contributed by atoms with Gasteiger partial charge in [-0.05, 0) is 43.0 Å². The predicted octanol–water partition coefficient (Wildman–Crippen LogP) is 2.49. The van der Waals surface area contributed by atoms with Crippen molar-refractivity contribution in [1.29, 1.82) is 0 Å². The molecule has 1 aliphatic heterocycles. The van der Waals surface area contributed by atoms with E-state index in [1.165, 1.54) is 24.3 Å². The van der Waals surface area contributed by atoms with Gasteiger partial charge < -0.3 is 14.6 Å². The van der Waals surface area contributed by atoms with Gasteiger partial charge in [-0.25, -0.2) is 9.37 Å². The summed E-state index contributed by atoms with van der Waals surface area (Å²) in [5, 5.41) is 10.5. The van der Waals surface area contributed by atoms with Gasteiger partial charge in [0.2, 0.25) is 5.91 Å². The molecule has 1 atom stereocenters. The quantitative estimate of drug-likeness (QED) is 0.790. The number of ketones is 1. The maximum Gasteiger partial charge on any atom is 0.223 e. The first kappa shape index (κ1) is 19.2. The van der Waals surface area contributed by atoms with E-state index in [2.05, 4.69) is 4.98 Å². The van der Waals surface area contributed by atoms with Crippen molar-refractivity contribution in [3.05, 3.63) is 53.9 Å². The molecule has 27 heavy (non-hydrogen) atoms. The number of amides is 1. The van der Waals surface area contributed by atoms with Gasteiger partial charge in [-0.15, -0.1) is 0 Å². The molecule has 1 aromatic carbocycles. The maximum atomic E-state index is 12.9. The Hall–Kier alpha value is -2.54. The molecule has 0 radical (unpaired) electrons. The zero-order chi connectivity index (χ0) is 19.4. The van der Waals surface area contributed by atoms with Crippen LogP contribution in [0.4, 0.5) is 4.39 Å². The minimum Gasteiger partial charge on any atom is -0.385 e. The standard InChI is InChI=1S/C20H24FN3O3/c1-23-13-10-22-20(23)19(27)15-8-11-24(12-9-15)18(26)7-6-17(25)14-2-4-16(21)5-3-14/h2-5,10,13,15,19,27H,6-9,11-12H2,1H3. The molecule has 1 saturated heterocycles. The summed E-state index contributed by atoms with van der Waals surface area (Å²) in [6, 6.07) is 5.36. The second-order valence-corrected chi connectivity index (χ2v) is 6.99. The summed E-state index contributed by atoms with van der Waals surface area (Å²) in [5.74, 6) is 0.0951. The maximum absolute atomic E-state index is 12.9. The highest BCUT2D eigenvalue weighted by atomic mass is 19.1. The van der Waals surface area contributed by atoms with Crippen LogP contribution in [0.3, 0.4) is 0 Å². The number of aliphatic hydroxyl groups excluding tert-OH is 1. The van der Waals surface area contributed by atoms with E-state index in [1.54, 1.807) is 17.3 Å². The van der Waals surface area contributed by atoms with Crippen molar-refractivity contribution in [2.75, 3.05) is 13.1 Å². The van der Waals surface area contributed by atoms with Crippen LogP contribution in [-0.4, -0.2) is 44.3 Å². The lowest BCUT2D eigenvalue weighted by molar-refractivity contribution is -0.133. The van der Waals surface area contributed by atoms with Gasteiger partial charge in [0.05, 0.1) is 0 Å². The van der Waals surface area contributed by atoms with Gasteiger partial charge >= 0.3 is 0 Å². The van der Waals surface area contributed by atoms with E-state index in [-0.39, 0.29) is 30.4 Å². The number of nitrogens with zero attached hydrogens (tertiary/aromatic N) is 3. The van der Waals surface area contributed by atoms with Crippen LogP contribution in [0.15, 0.2) is 36.7 Å². The Morgan fingerprint density at radius 1 is 1.22 bits per heavy atom. The Balaban J connectivity index is 1.46. The average Bonchev–Trinajstić information content (AvgIpc) is 3.12. The first-order chi connectivity index (χ1) is 13.0. The summed E-state index contributed by atoms with van der Waals surface area (Å²) in [4.78, 5) is 30.4. The molecule has 0 saturated carbocycles. The fourth-order valence-corrected chi connectivity index (χ4v) is 3.50. The Morgan fingerprint density at radius 3 is 2.48 bits per heavy atom. The molecule has 0 bridgehead atoms. The first-order valence-corrected chi connectivity index (χ1v) is 9.17. The number of Topliss-reactive ketones (excluding diaryl/α,β-unsaturated/α-hetero) is 1. The van der Waals surface area contributed by atoms with E-state index in [0.29, 0.717) is 37.3 Å². The van der Waals surface area contributed by atoms with Gasteiger partial charge in [0.15, 0.2) is 5.78 Å². The number of hydrogen-bond acceptors (Lipinski definition) is 4. The summed E-state index contributed by atoms with van der Waals surface area (Å²) >= 11 is 0. The lowest BCUT2D eigenvalue weighted by atomic mass is 9.90. The number of carbonyl (C=O) groups is 2. The summed E-state index contributed by atoms with van der Waals surface area (Å²) in [5.41, 5.74) is 0.418. The van der Waals surface area contributed by atoms with Gasteiger partial charge in [-0.3, -0.25) is 9.59 Å². The van der Waals surface area contributed by atoms with Crippen molar-refractivity contribution in [3.8, 4) is 0 Å². The number of aromatic nitrogens is 2. The fourth-order valence-electron chi connectivity index (χ4n) is 3.50. The number of aliphatic hydroxyl groups is 1. The number of benzene rings is 1. The third-order valence-electron chi connectivity index (χ3n) is 5.19. The van der Waals surface area contributed by atoms with Crippen molar-refractivity contribution in [3.63, 3.8) is 0 Å². The van der Waals surface area contributed by atoms with Crippen molar-refractivity contribution < 1.29 is 19.1 Å². The second-order valence-electron chi connectivity index (χ2n) is 6.99. The minimum absolute atomic E-state index is 0.0598. The normalized spacial score (nSPS) is 16.3. The molecule has 1 N–H and O–H groups in total. The molecule has 3 rings (SSSR count). The molecule has 2 aromatic rings. The summed E-state index contributed by atoms with van der Waals surface area (Å²) in [7, 11) is 1.85. The number of hydrogen-bond donors (Lipinski definition) is 1. The minimum atomic E-state index is -0.637. The van der Waals surface area contributed by atoms with Gasteiger partial charge in [0.25, 0.3) is 0 Å². The molecule has 0 aliphatic carbocycles. The summed E-state index contributed by atoms with van der Waals surface area (Å²) in [6.07, 6.45) is 4.48. The van der Waals surface area contributed by atoms with Crippen LogP contribution in [0.2, 0.25) is 0 Å². The SMILES string of the molecule is Cn1ccnc1C(O)C1CCN(C(=O)CCC(=O)c2ccc(F)cc2)CC1. The van der Waals surface area contributed by atoms with E-state index in [4.69, 9.17) is 0 Å². The Morgan fingerprint density at radius 2 is 1.89 bits per heavy atom. The highest BCUT2D eigenvalue weighted by Crippen LogP contribution is 2.30. The number of likely N-dealkylation sites (tertiary alicyclic amines) is 1. The predicted molar refractivity (Wildman–Crippen MR) is 97.4 cm³/mol. The average molecular weight is 373 g/mol. The largest absolute Gasteiger partial charge is 0.385 e. The van der Waals surface area contributed by atoms with Crippen molar-refractivity contribution in [1.82, 2.24) is 14.5 Å². The monoisotopic (exact) mass is 373 g/mol. The van der Waals surface area contributed by atoms with Crippen LogP contribution < -0.4 is 0 Å².